The third-order valence-electron chi connectivity index (χ3n) is 2.12. The van der Waals surface area contributed by atoms with Gasteiger partial charge in [-0.05, 0) is 10.9 Å². The normalized spacial score (nSPS) is 10.6. The lowest BCUT2D eigenvalue weighted by atomic mass is 10.1. The number of hydrogen-bond donors (Lipinski definition) is 3. The zero-order valence-corrected chi connectivity index (χ0v) is 9.73. The van der Waals surface area contributed by atoms with Crippen LogP contribution in [0.25, 0.3) is 0 Å². The van der Waals surface area contributed by atoms with Crippen LogP contribution in [0.3, 0.4) is 0 Å². The number of halogens is 1. The van der Waals surface area contributed by atoms with Gasteiger partial charge in [-0.15, -0.1) is 0 Å². The Morgan fingerprint density at radius 3 is 2.75 bits per heavy atom. The number of nitrogens with one attached hydrogen (secondary N) is 1. The Balaban J connectivity index is 2.43. The average Bonchev–Trinajstić information content (AvgIpc) is 2.57. The fourth-order valence-electron chi connectivity index (χ4n) is 1.33. The lowest BCUT2D eigenvalue weighted by Crippen LogP contribution is -2.19. The molecule has 0 aliphatic heterocycles. The van der Waals surface area contributed by atoms with Crippen molar-refractivity contribution in [1.82, 2.24) is 9.97 Å². The molecule has 16 heavy (non-hydrogen) atoms. The molecule has 0 saturated heterocycles. The fraction of sp³-hybridized carbons (Fsp3) is 0.111. The summed E-state index contributed by atoms with van der Waals surface area (Å²) in [6, 6.07) is 0. The van der Waals surface area contributed by atoms with Crippen LogP contribution in [0, 0.1) is 0 Å². The van der Waals surface area contributed by atoms with Gasteiger partial charge in [-0.2, -0.15) is 16.3 Å². The van der Waals surface area contributed by atoms with Crippen molar-refractivity contribution in [3.8, 4) is 0 Å². The van der Waals surface area contributed by atoms with Crippen LogP contribution in [0.4, 0.5) is 11.8 Å². The van der Waals surface area contributed by atoms with Gasteiger partial charge < -0.3 is 11.5 Å². The van der Waals surface area contributed by atoms with Crippen molar-refractivity contribution in [2.24, 2.45) is 0 Å². The molecular formula is C9H9ClN4OS. The summed E-state index contributed by atoms with van der Waals surface area (Å²) in [5.74, 6) is 0.159. The van der Waals surface area contributed by atoms with Crippen molar-refractivity contribution < 1.29 is 0 Å². The number of nitrogen functional groups attached to an aromatic ring is 2. The van der Waals surface area contributed by atoms with Crippen LogP contribution in [0.1, 0.15) is 11.1 Å². The molecule has 0 radical (unpaired) electrons. The lowest BCUT2D eigenvalue weighted by Gasteiger charge is -2.03. The number of aromatic nitrogens is 2. The summed E-state index contributed by atoms with van der Waals surface area (Å²) >= 11 is 7.41. The Bertz CT molecular complexity index is 577. The molecule has 0 aromatic carbocycles. The SMILES string of the molecule is Nc1nc(N)c(Cc2cscc2Cl)c(=O)[nH]1. The van der Waals surface area contributed by atoms with Crippen LogP contribution in [0.5, 0.6) is 0 Å². The van der Waals surface area contributed by atoms with Gasteiger partial charge in [0.2, 0.25) is 5.95 Å². The highest BCUT2D eigenvalue weighted by atomic mass is 35.5. The van der Waals surface area contributed by atoms with Gasteiger partial charge in [0.15, 0.2) is 0 Å². The molecule has 0 atom stereocenters. The standard InChI is InChI=1S/C9H9ClN4OS/c10-6-3-16-2-4(6)1-5-7(11)13-9(12)14-8(5)15/h2-3H,1H2,(H5,11,12,13,14,15). The van der Waals surface area contributed by atoms with Crippen LogP contribution in [0.15, 0.2) is 15.6 Å². The van der Waals surface area contributed by atoms with E-state index < -0.39 is 0 Å². The van der Waals surface area contributed by atoms with Crippen molar-refractivity contribution in [2.45, 2.75) is 6.42 Å². The second kappa shape index (κ2) is 4.15. The highest BCUT2D eigenvalue weighted by molar-refractivity contribution is 7.08. The highest BCUT2D eigenvalue weighted by Crippen LogP contribution is 2.23. The maximum atomic E-state index is 11.6. The molecule has 0 fully saturated rings. The maximum absolute atomic E-state index is 11.6. The summed E-state index contributed by atoms with van der Waals surface area (Å²) < 4.78 is 0. The second-order valence-electron chi connectivity index (χ2n) is 3.24. The summed E-state index contributed by atoms with van der Waals surface area (Å²) in [4.78, 5) is 17.8. The van der Waals surface area contributed by atoms with Crippen LogP contribution in [0.2, 0.25) is 5.02 Å². The second-order valence-corrected chi connectivity index (χ2v) is 4.39. The summed E-state index contributed by atoms with van der Waals surface area (Å²) in [7, 11) is 0. The molecule has 0 amide bonds. The van der Waals surface area contributed by atoms with E-state index in [1.54, 1.807) is 5.38 Å². The molecule has 0 aliphatic rings. The molecule has 0 saturated carbocycles. The quantitative estimate of drug-likeness (QED) is 0.753. The highest BCUT2D eigenvalue weighted by Gasteiger charge is 2.11. The Morgan fingerprint density at radius 2 is 2.19 bits per heavy atom. The van der Waals surface area contributed by atoms with E-state index in [1.807, 2.05) is 5.38 Å². The van der Waals surface area contributed by atoms with Gasteiger partial charge in [-0.3, -0.25) is 9.78 Å². The third-order valence-corrected chi connectivity index (χ3v) is 3.40. The van der Waals surface area contributed by atoms with E-state index in [4.69, 9.17) is 23.1 Å². The number of nitrogens with zero attached hydrogens (tertiary/aromatic N) is 1. The Morgan fingerprint density at radius 1 is 1.44 bits per heavy atom. The molecule has 0 unspecified atom stereocenters. The summed E-state index contributed by atoms with van der Waals surface area (Å²) in [5, 5.41) is 4.30. The first-order valence-electron chi connectivity index (χ1n) is 4.42. The number of nitrogens with two attached hydrogens (primary N) is 2. The van der Waals surface area contributed by atoms with Crippen LogP contribution >= 0.6 is 22.9 Å². The minimum atomic E-state index is -0.327. The molecule has 5 nitrogen and oxygen atoms in total. The molecule has 0 aliphatic carbocycles. The van der Waals surface area contributed by atoms with E-state index in [0.29, 0.717) is 17.0 Å². The van der Waals surface area contributed by atoms with Gasteiger partial charge in [0.05, 0.1) is 10.6 Å². The number of H-pyrrole nitrogens is 1. The van der Waals surface area contributed by atoms with Gasteiger partial charge in [-0.1, -0.05) is 11.6 Å². The number of aromatic amines is 1. The first kappa shape index (κ1) is 11.0. The fourth-order valence-corrected chi connectivity index (χ4v) is 2.38. The van der Waals surface area contributed by atoms with Crippen LogP contribution in [-0.2, 0) is 6.42 Å². The van der Waals surface area contributed by atoms with E-state index in [2.05, 4.69) is 9.97 Å². The predicted octanol–water partition coefficient (Wildman–Crippen LogP) is 1.24. The first-order valence-corrected chi connectivity index (χ1v) is 5.74. The largest absolute Gasteiger partial charge is 0.383 e. The summed E-state index contributed by atoms with van der Waals surface area (Å²) in [5.41, 5.74) is 11.9. The zero-order valence-electron chi connectivity index (χ0n) is 8.16. The van der Waals surface area contributed by atoms with E-state index in [-0.39, 0.29) is 17.3 Å². The third kappa shape index (κ3) is 2.02. The number of hydrogen-bond acceptors (Lipinski definition) is 5. The summed E-state index contributed by atoms with van der Waals surface area (Å²) in [6.45, 7) is 0. The maximum Gasteiger partial charge on any atom is 0.257 e. The zero-order chi connectivity index (χ0) is 11.7. The molecule has 0 bridgehead atoms. The van der Waals surface area contributed by atoms with Crippen molar-refractivity contribution >= 4 is 34.7 Å². The van der Waals surface area contributed by atoms with Gasteiger partial charge >= 0.3 is 0 Å². The van der Waals surface area contributed by atoms with Crippen LogP contribution < -0.4 is 17.0 Å². The van der Waals surface area contributed by atoms with Gasteiger partial charge in [-0.25, -0.2) is 0 Å². The first-order chi connectivity index (χ1) is 7.58. The Hall–Kier alpha value is -1.53. The van der Waals surface area contributed by atoms with Crippen LogP contribution in [-0.4, -0.2) is 9.97 Å². The molecule has 2 heterocycles. The number of rotatable bonds is 2. The number of anilines is 2. The Kier molecular flexibility index (Phi) is 2.84. The van der Waals surface area contributed by atoms with Crippen molar-refractivity contribution in [3.63, 3.8) is 0 Å². The molecule has 0 spiro atoms. The van der Waals surface area contributed by atoms with Gasteiger partial charge in [0.25, 0.3) is 5.56 Å². The minimum absolute atomic E-state index is 0.0164. The smallest absolute Gasteiger partial charge is 0.257 e. The molecule has 7 heteroatoms. The van der Waals surface area contributed by atoms with E-state index in [9.17, 15) is 4.79 Å². The molecule has 2 aromatic rings. The lowest BCUT2D eigenvalue weighted by molar-refractivity contribution is 1.05. The van der Waals surface area contributed by atoms with Crippen molar-refractivity contribution in [1.29, 1.82) is 0 Å². The Labute approximate surface area is 100 Å². The molecule has 5 N–H and O–H groups in total. The summed E-state index contributed by atoms with van der Waals surface area (Å²) in [6.07, 6.45) is 0.358. The van der Waals surface area contributed by atoms with Crippen molar-refractivity contribution in [2.75, 3.05) is 11.5 Å². The molecule has 2 aromatic heterocycles. The predicted molar refractivity (Wildman–Crippen MR) is 65.8 cm³/mol. The van der Waals surface area contributed by atoms with Crippen molar-refractivity contribution in [3.05, 3.63) is 37.3 Å². The topological polar surface area (TPSA) is 97.8 Å². The molecule has 2 rings (SSSR count). The molecular weight excluding hydrogens is 248 g/mol. The van der Waals surface area contributed by atoms with E-state index in [0.717, 1.165) is 5.56 Å². The monoisotopic (exact) mass is 256 g/mol. The van der Waals surface area contributed by atoms with Gasteiger partial charge in [0.1, 0.15) is 5.82 Å². The van der Waals surface area contributed by atoms with Gasteiger partial charge in [0, 0.05) is 11.8 Å². The van der Waals surface area contributed by atoms with E-state index >= 15 is 0 Å². The molecule has 84 valence electrons. The number of thiophene rings is 1. The average molecular weight is 257 g/mol. The van der Waals surface area contributed by atoms with E-state index in [1.165, 1.54) is 11.3 Å². The minimum Gasteiger partial charge on any atom is -0.383 e.